The van der Waals surface area contributed by atoms with Crippen LogP contribution in [0.15, 0.2) is 36.9 Å². The first-order valence-corrected chi connectivity index (χ1v) is 11.8. The van der Waals surface area contributed by atoms with Gasteiger partial charge in [0.2, 0.25) is 0 Å². The zero-order chi connectivity index (χ0) is 22.2. The van der Waals surface area contributed by atoms with Gasteiger partial charge in [-0.3, -0.25) is 4.90 Å². The van der Waals surface area contributed by atoms with E-state index in [2.05, 4.69) is 37.5 Å². The Morgan fingerprint density at radius 3 is 2.61 bits per heavy atom. The van der Waals surface area contributed by atoms with Crippen molar-refractivity contribution in [1.29, 1.82) is 0 Å². The summed E-state index contributed by atoms with van der Waals surface area (Å²) in [6.07, 6.45) is 4.75. The van der Waals surface area contributed by atoms with Crippen LogP contribution >= 0.6 is 0 Å². The molecule has 1 saturated carbocycles. The average molecular weight is 430 g/mol. The van der Waals surface area contributed by atoms with Crippen molar-refractivity contribution < 1.29 is 19.7 Å². The molecule has 31 heavy (non-hydrogen) atoms. The van der Waals surface area contributed by atoms with E-state index in [1.165, 1.54) is 5.56 Å². The SMILES string of the molecule is C=CCOc1ccccc1CN1CCC([C@@H]2OC(C)(C)[C@H]3C[C@H]2[C@](C)(O)[C@@H](O)C3)CC1. The van der Waals surface area contributed by atoms with Crippen molar-refractivity contribution in [2.75, 3.05) is 19.7 Å². The molecule has 2 heterocycles. The normalized spacial score (nSPS) is 36.2. The van der Waals surface area contributed by atoms with Crippen LogP contribution in [0.25, 0.3) is 0 Å². The third kappa shape index (κ3) is 4.56. The zero-order valence-corrected chi connectivity index (χ0v) is 19.3. The van der Waals surface area contributed by atoms with Crippen LogP contribution in [0.1, 0.15) is 52.0 Å². The van der Waals surface area contributed by atoms with E-state index >= 15 is 0 Å². The van der Waals surface area contributed by atoms with E-state index in [0.29, 0.717) is 24.9 Å². The van der Waals surface area contributed by atoms with Crippen LogP contribution < -0.4 is 4.74 Å². The van der Waals surface area contributed by atoms with Gasteiger partial charge in [0.15, 0.2) is 0 Å². The van der Waals surface area contributed by atoms with Crippen molar-refractivity contribution in [1.82, 2.24) is 4.90 Å². The van der Waals surface area contributed by atoms with E-state index < -0.39 is 11.7 Å². The van der Waals surface area contributed by atoms with Crippen LogP contribution in [0.5, 0.6) is 5.75 Å². The molecular formula is C26H39NO4. The highest BCUT2D eigenvalue weighted by molar-refractivity contribution is 5.33. The molecule has 0 amide bonds. The van der Waals surface area contributed by atoms with Crippen molar-refractivity contribution in [3.8, 4) is 5.75 Å². The van der Waals surface area contributed by atoms with Crippen molar-refractivity contribution in [3.63, 3.8) is 0 Å². The van der Waals surface area contributed by atoms with E-state index in [9.17, 15) is 10.2 Å². The highest BCUT2D eigenvalue weighted by Gasteiger charge is 2.57. The van der Waals surface area contributed by atoms with Gasteiger partial charge in [0, 0.05) is 18.0 Å². The minimum Gasteiger partial charge on any atom is -0.489 e. The molecule has 5 nitrogen and oxygen atoms in total. The van der Waals surface area contributed by atoms with E-state index in [0.717, 1.165) is 44.6 Å². The van der Waals surface area contributed by atoms with Gasteiger partial charge in [0.05, 0.1) is 23.4 Å². The Bertz CT molecular complexity index is 768. The van der Waals surface area contributed by atoms with Crippen molar-refractivity contribution in [3.05, 3.63) is 42.5 Å². The average Bonchev–Trinajstić information content (AvgIpc) is 2.74. The van der Waals surface area contributed by atoms with Crippen LogP contribution in [0.4, 0.5) is 0 Å². The largest absolute Gasteiger partial charge is 0.489 e. The molecule has 1 aliphatic carbocycles. The maximum Gasteiger partial charge on any atom is 0.124 e. The summed E-state index contributed by atoms with van der Waals surface area (Å²) in [6.45, 7) is 13.3. The fourth-order valence-corrected chi connectivity index (χ4v) is 5.99. The smallest absolute Gasteiger partial charge is 0.124 e. The molecule has 0 unspecified atom stereocenters. The predicted octanol–water partition coefficient (Wildman–Crippen LogP) is 3.78. The fraction of sp³-hybridized carbons (Fsp3) is 0.692. The van der Waals surface area contributed by atoms with Crippen molar-refractivity contribution in [2.24, 2.45) is 17.8 Å². The van der Waals surface area contributed by atoms with E-state index in [4.69, 9.17) is 9.47 Å². The van der Waals surface area contributed by atoms with Gasteiger partial charge in [0.25, 0.3) is 0 Å². The predicted molar refractivity (Wildman–Crippen MR) is 122 cm³/mol. The number of ether oxygens (including phenoxy) is 2. The first-order valence-electron chi connectivity index (χ1n) is 11.8. The Balaban J connectivity index is 1.41. The highest BCUT2D eigenvalue weighted by atomic mass is 16.5. The first-order chi connectivity index (χ1) is 14.7. The van der Waals surface area contributed by atoms with E-state index in [1.54, 1.807) is 6.08 Å². The summed E-state index contributed by atoms with van der Waals surface area (Å²) in [7, 11) is 0. The summed E-state index contributed by atoms with van der Waals surface area (Å²) >= 11 is 0. The molecule has 3 aliphatic rings. The van der Waals surface area contributed by atoms with Gasteiger partial charge >= 0.3 is 0 Å². The molecule has 2 saturated heterocycles. The molecule has 1 aromatic rings. The summed E-state index contributed by atoms with van der Waals surface area (Å²) < 4.78 is 12.5. The van der Waals surface area contributed by atoms with Crippen LogP contribution in [0.2, 0.25) is 0 Å². The third-order valence-corrected chi connectivity index (χ3v) is 8.11. The first kappa shape index (κ1) is 22.8. The Morgan fingerprint density at radius 2 is 1.90 bits per heavy atom. The molecule has 0 radical (unpaired) electrons. The molecular weight excluding hydrogens is 390 g/mol. The van der Waals surface area contributed by atoms with Gasteiger partial charge in [0.1, 0.15) is 12.4 Å². The van der Waals surface area contributed by atoms with Crippen LogP contribution in [-0.2, 0) is 11.3 Å². The minimum absolute atomic E-state index is 0.00106. The summed E-state index contributed by atoms with van der Waals surface area (Å²) in [5.41, 5.74) is -0.119. The van der Waals surface area contributed by atoms with E-state index in [1.807, 2.05) is 19.1 Å². The second-order valence-electron chi connectivity index (χ2n) is 10.5. The molecule has 2 N–H and O–H groups in total. The topological polar surface area (TPSA) is 62.2 Å². The number of aliphatic hydroxyl groups is 2. The summed E-state index contributed by atoms with van der Waals surface area (Å²) in [4.78, 5) is 2.48. The maximum atomic E-state index is 11.1. The number of rotatable bonds is 6. The summed E-state index contributed by atoms with van der Waals surface area (Å²) in [6, 6.07) is 8.23. The molecule has 5 heteroatoms. The Kier molecular flexibility index (Phi) is 6.51. The molecule has 2 bridgehead atoms. The van der Waals surface area contributed by atoms with Gasteiger partial charge in [-0.2, -0.15) is 0 Å². The molecule has 4 rings (SSSR count). The van der Waals surface area contributed by atoms with Crippen molar-refractivity contribution in [2.45, 2.75) is 76.4 Å². The maximum absolute atomic E-state index is 11.1. The summed E-state index contributed by atoms with van der Waals surface area (Å²) in [5, 5.41) is 21.8. The number of nitrogens with zero attached hydrogens (tertiary/aromatic N) is 1. The van der Waals surface area contributed by atoms with Gasteiger partial charge in [-0.05, 0) is 77.4 Å². The van der Waals surface area contributed by atoms with Crippen LogP contribution in [-0.4, -0.2) is 58.2 Å². The van der Waals surface area contributed by atoms with Crippen molar-refractivity contribution >= 4 is 0 Å². The molecule has 1 aromatic carbocycles. The lowest BCUT2D eigenvalue weighted by Crippen LogP contribution is -2.65. The lowest BCUT2D eigenvalue weighted by atomic mass is 9.60. The zero-order valence-electron chi connectivity index (χ0n) is 19.3. The van der Waals surface area contributed by atoms with Crippen LogP contribution in [0.3, 0.4) is 0 Å². The Morgan fingerprint density at radius 1 is 1.19 bits per heavy atom. The summed E-state index contributed by atoms with van der Waals surface area (Å²) in [5.74, 6) is 1.64. The third-order valence-electron chi connectivity index (χ3n) is 8.11. The number of hydrogen-bond donors (Lipinski definition) is 2. The standard InChI is InChI=1S/C26H39NO4/c1-5-14-30-22-9-7-6-8-19(22)17-27-12-10-18(11-13-27)24-21-15-20(25(2,3)31-24)16-23(28)26(21,4)29/h5-9,18,20-21,23-24,28-29H,1,10-17H2,2-4H3/t20-,21+,23-,24-,26-/m0/s1. The van der Waals surface area contributed by atoms with E-state index in [-0.39, 0.29) is 17.6 Å². The van der Waals surface area contributed by atoms with Gasteiger partial charge in [-0.15, -0.1) is 0 Å². The lowest BCUT2D eigenvalue weighted by Gasteiger charge is -2.58. The van der Waals surface area contributed by atoms with Gasteiger partial charge < -0.3 is 19.7 Å². The number of hydrogen-bond acceptors (Lipinski definition) is 5. The van der Waals surface area contributed by atoms with Gasteiger partial charge in [-0.25, -0.2) is 0 Å². The molecule has 2 aliphatic heterocycles. The molecule has 3 fully saturated rings. The highest BCUT2D eigenvalue weighted by Crippen LogP contribution is 2.52. The second-order valence-corrected chi connectivity index (χ2v) is 10.5. The van der Waals surface area contributed by atoms with Gasteiger partial charge in [-0.1, -0.05) is 30.9 Å². The second kappa shape index (κ2) is 8.86. The molecule has 0 aromatic heterocycles. The Hall–Kier alpha value is -1.40. The quantitative estimate of drug-likeness (QED) is 0.674. The minimum atomic E-state index is -1.07. The molecule has 172 valence electrons. The molecule has 5 atom stereocenters. The number of likely N-dealkylation sites (tertiary alicyclic amines) is 1. The monoisotopic (exact) mass is 429 g/mol. The number of piperidine rings is 1. The molecule has 0 spiro atoms. The number of para-hydroxylation sites is 1. The van der Waals surface area contributed by atoms with Crippen LogP contribution in [0, 0.1) is 17.8 Å². The number of aliphatic hydroxyl groups excluding tert-OH is 1. The fourth-order valence-electron chi connectivity index (χ4n) is 5.99. The Labute approximate surface area is 187 Å². The number of fused-ring (bicyclic) bond motifs is 2. The lowest BCUT2D eigenvalue weighted by molar-refractivity contribution is -0.271. The number of benzene rings is 1.